The number of anilines is 2. The molecular formula is C21H21N3O4S. The van der Waals surface area contributed by atoms with Crippen molar-refractivity contribution in [1.82, 2.24) is 4.98 Å². The zero-order chi connectivity index (χ0) is 20.7. The van der Waals surface area contributed by atoms with Crippen molar-refractivity contribution in [3.05, 3.63) is 50.6 Å². The number of rotatable bonds is 3. The Morgan fingerprint density at radius 2 is 1.97 bits per heavy atom. The van der Waals surface area contributed by atoms with Crippen LogP contribution in [0.1, 0.15) is 41.1 Å². The van der Waals surface area contributed by atoms with Crippen LogP contribution in [-0.4, -0.2) is 21.9 Å². The molecule has 1 atom stereocenters. The maximum atomic E-state index is 12.8. The molecule has 1 aliphatic carbocycles. The van der Waals surface area contributed by atoms with E-state index in [1.54, 1.807) is 24.3 Å². The van der Waals surface area contributed by atoms with E-state index in [0.29, 0.717) is 27.5 Å². The summed E-state index contributed by atoms with van der Waals surface area (Å²) in [5, 5.41) is 16.7. The number of aromatic amines is 1. The number of nitrogens with one attached hydrogen (secondary N) is 3. The van der Waals surface area contributed by atoms with Gasteiger partial charge in [-0.05, 0) is 48.9 Å². The van der Waals surface area contributed by atoms with Crippen molar-refractivity contribution in [2.75, 3.05) is 10.6 Å². The van der Waals surface area contributed by atoms with E-state index in [1.165, 1.54) is 18.3 Å². The van der Waals surface area contributed by atoms with Crippen molar-refractivity contribution in [2.45, 2.75) is 33.1 Å². The average molecular weight is 411 g/mol. The molecule has 0 fully saturated rings. The van der Waals surface area contributed by atoms with Gasteiger partial charge < -0.3 is 20.7 Å². The fourth-order valence-electron chi connectivity index (χ4n) is 3.77. The van der Waals surface area contributed by atoms with Crippen molar-refractivity contribution in [1.29, 1.82) is 0 Å². The van der Waals surface area contributed by atoms with Crippen LogP contribution in [0.3, 0.4) is 0 Å². The van der Waals surface area contributed by atoms with Crippen molar-refractivity contribution < 1.29 is 14.7 Å². The Labute approximate surface area is 170 Å². The Morgan fingerprint density at radius 1 is 1.24 bits per heavy atom. The van der Waals surface area contributed by atoms with Gasteiger partial charge in [0, 0.05) is 23.2 Å². The van der Waals surface area contributed by atoms with Gasteiger partial charge in [-0.1, -0.05) is 13.0 Å². The van der Waals surface area contributed by atoms with Gasteiger partial charge in [0.2, 0.25) is 5.91 Å². The summed E-state index contributed by atoms with van der Waals surface area (Å²) >= 11 is 1.48. The van der Waals surface area contributed by atoms with E-state index >= 15 is 0 Å². The molecule has 0 spiro atoms. The van der Waals surface area contributed by atoms with Gasteiger partial charge in [-0.2, -0.15) is 0 Å². The van der Waals surface area contributed by atoms with Crippen LogP contribution in [0.4, 0.5) is 11.4 Å². The fourth-order valence-corrected chi connectivity index (χ4v) is 5.18. The van der Waals surface area contributed by atoms with Crippen molar-refractivity contribution >= 4 is 44.7 Å². The summed E-state index contributed by atoms with van der Waals surface area (Å²) in [7, 11) is 0. The maximum absolute atomic E-state index is 12.8. The number of fused-ring (bicyclic) bond motifs is 3. The highest BCUT2D eigenvalue weighted by Crippen LogP contribution is 2.41. The summed E-state index contributed by atoms with van der Waals surface area (Å²) in [6.07, 6.45) is 2.73. The molecule has 0 bridgehead atoms. The highest BCUT2D eigenvalue weighted by atomic mass is 32.1. The minimum absolute atomic E-state index is 0.232. The standard InChI is InChI=1S/C21H21N3O4S/c1-10-6-7-14-15(8-10)29-21-16(14)18(26)17(20(28)24-21)19(27)23-13-5-3-4-12(9-13)22-11(2)25/h3-5,9-10H,6-8H2,1-2H3,(H,22,25)(H,23,27)(H2,24,26,28). The number of hydrogen-bond acceptors (Lipinski definition) is 5. The highest BCUT2D eigenvalue weighted by molar-refractivity contribution is 7.18. The lowest BCUT2D eigenvalue weighted by molar-refractivity contribution is -0.114. The lowest BCUT2D eigenvalue weighted by Crippen LogP contribution is -2.23. The molecular weight excluding hydrogens is 390 g/mol. The molecule has 29 heavy (non-hydrogen) atoms. The molecule has 4 rings (SSSR count). The highest BCUT2D eigenvalue weighted by Gasteiger charge is 2.27. The summed E-state index contributed by atoms with van der Waals surface area (Å²) in [6.45, 7) is 3.57. The van der Waals surface area contributed by atoms with E-state index in [4.69, 9.17) is 0 Å². The van der Waals surface area contributed by atoms with Crippen LogP contribution in [0.25, 0.3) is 10.2 Å². The van der Waals surface area contributed by atoms with Gasteiger partial charge in [0.1, 0.15) is 16.1 Å². The van der Waals surface area contributed by atoms with Crippen LogP contribution in [0.15, 0.2) is 29.1 Å². The summed E-state index contributed by atoms with van der Waals surface area (Å²) < 4.78 is 0. The second-order valence-electron chi connectivity index (χ2n) is 7.45. The minimum Gasteiger partial charge on any atom is -0.506 e. The van der Waals surface area contributed by atoms with E-state index in [0.717, 1.165) is 29.7 Å². The minimum atomic E-state index is -0.699. The Hall–Kier alpha value is -3.13. The lowest BCUT2D eigenvalue weighted by atomic mass is 9.89. The van der Waals surface area contributed by atoms with Crippen LogP contribution in [0.2, 0.25) is 0 Å². The van der Waals surface area contributed by atoms with Gasteiger partial charge in [-0.15, -0.1) is 11.3 Å². The first-order chi connectivity index (χ1) is 13.8. The quantitative estimate of drug-likeness (QED) is 0.527. The number of pyridine rings is 1. The summed E-state index contributed by atoms with van der Waals surface area (Å²) in [4.78, 5) is 41.1. The van der Waals surface area contributed by atoms with E-state index in [-0.39, 0.29) is 17.2 Å². The third-order valence-electron chi connectivity index (χ3n) is 5.11. The Morgan fingerprint density at radius 3 is 2.69 bits per heavy atom. The van der Waals surface area contributed by atoms with Crippen molar-refractivity contribution in [3.63, 3.8) is 0 Å². The van der Waals surface area contributed by atoms with Crippen LogP contribution in [-0.2, 0) is 17.6 Å². The molecule has 1 aliphatic rings. The van der Waals surface area contributed by atoms with Crippen molar-refractivity contribution in [2.24, 2.45) is 5.92 Å². The first kappa shape index (κ1) is 19.2. The van der Waals surface area contributed by atoms with E-state index < -0.39 is 11.5 Å². The monoisotopic (exact) mass is 411 g/mol. The molecule has 2 aromatic heterocycles. The largest absolute Gasteiger partial charge is 0.506 e. The van der Waals surface area contributed by atoms with Crippen molar-refractivity contribution in [3.8, 4) is 5.75 Å². The molecule has 2 heterocycles. The molecule has 1 aromatic carbocycles. The summed E-state index contributed by atoms with van der Waals surface area (Å²) in [6, 6.07) is 6.58. The van der Waals surface area contributed by atoms with Gasteiger partial charge in [0.15, 0.2) is 0 Å². The predicted molar refractivity (Wildman–Crippen MR) is 114 cm³/mol. The third-order valence-corrected chi connectivity index (χ3v) is 6.28. The lowest BCUT2D eigenvalue weighted by Gasteiger charge is -2.18. The molecule has 0 saturated carbocycles. The molecule has 3 aromatic rings. The SMILES string of the molecule is CC(=O)Nc1cccc(NC(=O)c2c(O)c3c4c(sc3[nH]c2=O)CC(C)CC4)c1. The van der Waals surface area contributed by atoms with E-state index in [9.17, 15) is 19.5 Å². The zero-order valence-corrected chi connectivity index (χ0v) is 16.9. The number of benzene rings is 1. The molecule has 1 unspecified atom stereocenters. The molecule has 4 N–H and O–H groups in total. The molecule has 0 radical (unpaired) electrons. The van der Waals surface area contributed by atoms with Crippen LogP contribution < -0.4 is 16.2 Å². The first-order valence-electron chi connectivity index (χ1n) is 9.42. The number of thiophene rings is 1. The number of carbonyl (C=O) groups excluding carboxylic acids is 2. The number of H-pyrrole nitrogens is 1. The number of aromatic hydroxyl groups is 1. The fraction of sp³-hybridized carbons (Fsp3) is 0.286. The molecule has 0 aliphatic heterocycles. The zero-order valence-electron chi connectivity index (χ0n) is 16.1. The normalized spacial score (nSPS) is 15.7. The van der Waals surface area contributed by atoms with Gasteiger partial charge in [0.25, 0.3) is 11.5 Å². The topological polar surface area (TPSA) is 111 Å². The molecule has 150 valence electrons. The van der Waals surface area contributed by atoms with E-state index in [1.807, 2.05) is 0 Å². The molecule has 8 heteroatoms. The number of amides is 2. The molecule has 2 amide bonds. The summed E-state index contributed by atoms with van der Waals surface area (Å²) in [5.41, 5.74) is 1.02. The second kappa shape index (κ2) is 7.36. The average Bonchev–Trinajstić information content (AvgIpc) is 2.98. The number of hydrogen-bond donors (Lipinski definition) is 4. The smallest absolute Gasteiger partial charge is 0.265 e. The van der Waals surface area contributed by atoms with Crippen LogP contribution in [0, 0.1) is 5.92 Å². The van der Waals surface area contributed by atoms with Gasteiger partial charge in [-0.3, -0.25) is 14.4 Å². The Balaban J connectivity index is 1.71. The Bertz CT molecular complexity index is 1190. The number of aryl methyl sites for hydroxylation is 1. The Kier molecular flexibility index (Phi) is 4.87. The first-order valence-corrected chi connectivity index (χ1v) is 10.2. The van der Waals surface area contributed by atoms with E-state index in [2.05, 4.69) is 22.5 Å². The van der Waals surface area contributed by atoms with Crippen LogP contribution >= 0.6 is 11.3 Å². The number of carbonyl (C=O) groups is 2. The van der Waals surface area contributed by atoms with Gasteiger partial charge in [0.05, 0.1) is 5.39 Å². The second-order valence-corrected chi connectivity index (χ2v) is 8.55. The maximum Gasteiger partial charge on any atom is 0.265 e. The predicted octanol–water partition coefficient (Wildman–Crippen LogP) is 3.63. The third kappa shape index (κ3) is 3.63. The number of aromatic nitrogens is 1. The van der Waals surface area contributed by atoms with Gasteiger partial charge in [-0.25, -0.2) is 0 Å². The van der Waals surface area contributed by atoms with Gasteiger partial charge >= 0.3 is 0 Å². The molecule has 0 saturated heterocycles. The molecule has 7 nitrogen and oxygen atoms in total. The van der Waals surface area contributed by atoms with Crippen LogP contribution in [0.5, 0.6) is 5.75 Å². The summed E-state index contributed by atoms with van der Waals surface area (Å²) in [5.74, 6) is -0.645.